The molecule has 0 heterocycles. The van der Waals surface area contributed by atoms with Crippen LogP contribution in [0.15, 0.2) is 18.2 Å². The highest BCUT2D eigenvalue weighted by atomic mass is 35.5. The summed E-state index contributed by atoms with van der Waals surface area (Å²) in [6, 6.07) is 4.63. The highest BCUT2D eigenvalue weighted by Gasteiger charge is 2.37. The Morgan fingerprint density at radius 1 is 1.36 bits per heavy atom. The first kappa shape index (κ1) is 11.1. The molecular formula is C10H9ClF2O. The number of aryl methyl sites for hydroxylation is 2. The molecule has 1 aromatic carbocycles. The van der Waals surface area contributed by atoms with Crippen LogP contribution in [0.25, 0.3) is 0 Å². The van der Waals surface area contributed by atoms with Gasteiger partial charge in [-0.2, -0.15) is 8.78 Å². The maximum absolute atomic E-state index is 12.5. The first-order valence-electron chi connectivity index (χ1n) is 4.01. The Bertz CT molecular complexity index is 369. The number of Topliss-reactive ketones (excluding diaryl/α,β-unsaturated/α-hetero) is 1. The standard InChI is InChI=1S/C10H9ClF2O/c1-6-3-4-8(7(2)5-6)9(14)10(11,12)13/h3-5H,1-2H3. The Labute approximate surface area is 85.7 Å². The molecule has 0 aliphatic heterocycles. The highest BCUT2D eigenvalue weighted by molar-refractivity contribution is 6.35. The molecule has 1 rings (SSSR count). The first-order valence-corrected chi connectivity index (χ1v) is 4.39. The predicted molar refractivity (Wildman–Crippen MR) is 51.0 cm³/mol. The van der Waals surface area contributed by atoms with E-state index in [-0.39, 0.29) is 5.56 Å². The zero-order chi connectivity index (χ0) is 10.9. The minimum atomic E-state index is -3.82. The molecule has 0 aliphatic carbocycles. The SMILES string of the molecule is Cc1ccc(C(=O)C(F)(F)Cl)c(C)c1. The molecule has 1 nitrogen and oxygen atoms in total. The van der Waals surface area contributed by atoms with Gasteiger partial charge in [-0.25, -0.2) is 0 Å². The zero-order valence-corrected chi connectivity index (χ0v) is 8.53. The van der Waals surface area contributed by atoms with E-state index in [1.54, 1.807) is 19.1 Å². The Balaban J connectivity index is 3.15. The Morgan fingerprint density at radius 3 is 2.36 bits per heavy atom. The van der Waals surface area contributed by atoms with Crippen LogP contribution >= 0.6 is 11.6 Å². The van der Waals surface area contributed by atoms with Crippen molar-refractivity contribution in [2.45, 2.75) is 19.2 Å². The molecule has 4 heteroatoms. The average Bonchev–Trinajstić information content (AvgIpc) is 2.01. The number of carbonyl (C=O) groups excluding carboxylic acids is 1. The third-order valence-electron chi connectivity index (χ3n) is 1.88. The fourth-order valence-corrected chi connectivity index (χ4v) is 1.32. The minimum absolute atomic E-state index is 0.0319. The second-order valence-electron chi connectivity index (χ2n) is 3.15. The molecule has 0 amide bonds. The molecule has 0 saturated heterocycles. The molecule has 0 atom stereocenters. The summed E-state index contributed by atoms with van der Waals surface area (Å²) in [7, 11) is 0. The molecule has 0 spiro atoms. The lowest BCUT2D eigenvalue weighted by atomic mass is 10.0. The fraction of sp³-hybridized carbons (Fsp3) is 0.300. The van der Waals surface area contributed by atoms with Crippen LogP contribution in [0.1, 0.15) is 21.5 Å². The lowest BCUT2D eigenvalue weighted by molar-refractivity contribution is 0.0535. The van der Waals surface area contributed by atoms with Gasteiger partial charge in [0.15, 0.2) is 0 Å². The van der Waals surface area contributed by atoms with Gasteiger partial charge in [0.25, 0.3) is 0 Å². The summed E-state index contributed by atoms with van der Waals surface area (Å²) in [6.45, 7) is 3.42. The van der Waals surface area contributed by atoms with E-state index >= 15 is 0 Å². The van der Waals surface area contributed by atoms with Crippen LogP contribution in [0.5, 0.6) is 0 Å². The van der Waals surface area contributed by atoms with Crippen molar-refractivity contribution in [1.82, 2.24) is 0 Å². The fourth-order valence-electron chi connectivity index (χ4n) is 1.22. The maximum Gasteiger partial charge on any atom is 0.384 e. The molecule has 0 radical (unpaired) electrons. The van der Waals surface area contributed by atoms with E-state index in [1.807, 2.05) is 6.92 Å². The van der Waals surface area contributed by atoms with Crippen LogP contribution in [0, 0.1) is 13.8 Å². The van der Waals surface area contributed by atoms with E-state index in [0.717, 1.165) is 5.56 Å². The first-order chi connectivity index (χ1) is 6.32. The number of ketones is 1. The van der Waals surface area contributed by atoms with E-state index in [4.69, 9.17) is 0 Å². The van der Waals surface area contributed by atoms with Crippen molar-refractivity contribution in [1.29, 1.82) is 0 Å². The van der Waals surface area contributed by atoms with E-state index in [0.29, 0.717) is 5.56 Å². The van der Waals surface area contributed by atoms with E-state index in [2.05, 4.69) is 11.6 Å². The van der Waals surface area contributed by atoms with Gasteiger partial charge in [-0.15, -0.1) is 0 Å². The Hall–Kier alpha value is -0.960. The number of alkyl halides is 3. The number of halogens is 3. The molecule has 0 bridgehead atoms. The van der Waals surface area contributed by atoms with E-state index in [1.165, 1.54) is 6.07 Å². The molecule has 0 saturated carbocycles. The normalized spacial score (nSPS) is 11.5. The second-order valence-corrected chi connectivity index (χ2v) is 3.62. The number of carbonyl (C=O) groups is 1. The van der Waals surface area contributed by atoms with Gasteiger partial charge in [0.05, 0.1) is 0 Å². The van der Waals surface area contributed by atoms with Gasteiger partial charge < -0.3 is 0 Å². The van der Waals surface area contributed by atoms with Gasteiger partial charge in [-0.3, -0.25) is 4.79 Å². The summed E-state index contributed by atoms with van der Waals surface area (Å²) < 4.78 is 25.0. The third-order valence-corrected chi connectivity index (χ3v) is 2.06. The average molecular weight is 219 g/mol. The van der Waals surface area contributed by atoms with Crippen molar-refractivity contribution >= 4 is 17.4 Å². The monoisotopic (exact) mass is 218 g/mol. The topological polar surface area (TPSA) is 17.1 Å². The van der Waals surface area contributed by atoms with Gasteiger partial charge in [0.2, 0.25) is 5.78 Å². The summed E-state index contributed by atoms with van der Waals surface area (Å²) in [5.74, 6) is -1.35. The molecule has 0 aliphatic rings. The van der Waals surface area contributed by atoms with Crippen molar-refractivity contribution in [3.63, 3.8) is 0 Å². The van der Waals surface area contributed by atoms with E-state index in [9.17, 15) is 13.6 Å². The second kappa shape index (κ2) is 3.65. The van der Waals surface area contributed by atoms with Crippen LogP contribution in [0.2, 0.25) is 0 Å². The molecule has 0 fully saturated rings. The molecule has 0 N–H and O–H groups in total. The number of hydrogen-bond donors (Lipinski definition) is 0. The van der Waals surface area contributed by atoms with Crippen molar-refractivity contribution < 1.29 is 13.6 Å². The van der Waals surface area contributed by atoms with Crippen molar-refractivity contribution in [2.75, 3.05) is 0 Å². The van der Waals surface area contributed by atoms with Gasteiger partial charge in [0, 0.05) is 5.56 Å². The Kier molecular flexibility index (Phi) is 2.90. The Morgan fingerprint density at radius 2 is 1.93 bits per heavy atom. The van der Waals surface area contributed by atoms with Crippen LogP contribution in [0.3, 0.4) is 0 Å². The molecular weight excluding hydrogens is 210 g/mol. The summed E-state index contributed by atoms with van der Waals surface area (Å²) in [4.78, 5) is 11.1. The van der Waals surface area contributed by atoms with Crippen LogP contribution in [-0.4, -0.2) is 11.2 Å². The summed E-state index contributed by atoms with van der Waals surface area (Å²) in [5.41, 5.74) is 1.39. The molecule has 0 unspecified atom stereocenters. The van der Waals surface area contributed by atoms with Crippen molar-refractivity contribution in [3.8, 4) is 0 Å². The van der Waals surface area contributed by atoms with Crippen molar-refractivity contribution in [2.24, 2.45) is 0 Å². The van der Waals surface area contributed by atoms with Crippen LogP contribution < -0.4 is 0 Å². The molecule has 0 aromatic heterocycles. The highest BCUT2D eigenvalue weighted by Crippen LogP contribution is 2.26. The predicted octanol–water partition coefficient (Wildman–Crippen LogP) is 3.32. The number of benzene rings is 1. The molecule has 1 aromatic rings. The van der Waals surface area contributed by atoms with Gasteiger partial charge >= 0.3 is 5.38 Å². The summed E-state index contributed by atoms with van der Waals surface area (Å²) in [6.07, 6.45) is 0. The maximum atomic E-state index is 12.5. The van der Waals surface area contributed by atoms with Crippen molar-refractivity contribution in [3.05, 3.63) is 34.9 Å². The number of hydrogen-bond acceptors (Lipinski definition) is 1. The minimum Gasteiger partial charge on any atom is -0.286 e. The van der Waals surface area contributed by atoms with Gasteiger partial charge in [-0.1, -0.05) is 23.8 Å². The van der Waals surface area contributed by atoms with Gasteiger partial charge in [0.1, 0.15) is 0 Å². The third kappa shape index (κ3) is 2.29. The van der Waals surface area contributed by atoms with Crippen LogP contribution in [-0.2, 0) is 0 Å². The summed E-state index contributed by atoms with van der Waals surface area (Å²) >= 11 is 4.65. The lowest BCUT2D eigenvalue weighted by Crippen LogP contribution is -2.22. The molecule has 76 valence electrons. The van der Waals surface area contributed by atoms with E-state index < -0.39 is 11.2 Å². The smallest absolute Gasteiger partial charge is 0.286 e. The van der Waals surface area contributed by atoms with Gasteiger partial charge in [-0.05, 0) is 31.0 Å². The largest absolute Gasteiger partial charge is 0.384 e. The summed E-state index contributed by atoms with van der Waals surface area (Å²) in [5, 5.41) is -3.82. The quantitative estimate of drug-likeness (QED) is 0.550. The van der Waals surface area contributed by atoms with Crippen LogP contribution in [0.4, 0.5) is 8.78 Å². The molecule has 14 heavy (non-hydrogen) atoms. The number of rotatable bonds is 2. The lowest BCUT2D eigenvalue weighted by Gasteiger charge is -2.09. The zero-order valence-electron chi connectivity index (χ0n) is 7.77.